The summed E-state index contributed by atoms with van der Waals surface area (Å²) < 4.78 is 2.43. The third-order valence-corrected chi connectivity index (χ3v) is 0.683. The van der Waals surface area contributed by atoms with Crippen LogP contribution in [0.2, 0.25) is 0 Å². The van der Waals surface area contributed by atoms with Crippen molar-refractivity contribution < 1.29 is 0 Å². The molecule has 0 unspecified atom stereocenters. The Morgan fingerprint density at radius 1 is 2.00 bits per heavy atom. The van der Waals surface area contributed by atoms with Gasteiger partial charge in [0.2, 0.25) is 0 Å². The maximum Gasteiger partial charge on any atom is 0.194 e. The highest BCUT2D eigenvalue weighted by molar-refractivity contribution is 7.98. The first-order chi connectivity index (χ1) is 2.41. The molecule has 0 spiro atoms. The minimum Gasteiger partial charge on any atom is -0.316 e. The zero-order chi connectivity index (χ0) is 4.12. The molecule has 0 saturated carbocycles. The van der Waals surface area contributed by atoms with Gasteiger partial charge in [0, 0.05) is 5.75 Å². The minimum atomic E-state index is 1.02. The molecule has 0 aromatic rings. The van der Waals surface area contributed by atoms with Crippen molar-refractivity contribution in [3.63, 3.8) is 0 Å². The second-order valence-corrected chi connectivity index (χ2v) is 1.65. The molecule has 0 aliphatic rings. The minimum absolute atomic E-state index is 1.02. The van der Waals surface area contributed by atoms with Crippen LogP contribution in [0.15, 0.2) is 0 Å². The molecule has 2 radical (unpaired) electrons. The number of nitrogens with one attached hydrogen (secondary N) is 1. The second kappa shape index (κ2) is 4.37. The van der Waals surface area contributed by atoms with Crippen molar-refractivity contribution in [2.75, 3.05) is 5.75 Å². The van der Waals surface area contributed by atoms with E-state index < -0.39 is 0 Å². The van der Waals surface area contributed by atoms with Gasteiger partial charge in [0.05, 0.1) is 0 Å². The molecule has 0 bridgehead atoms. The summed E-state index contributed by atoms with van der Waals surface area (Å²) in [7, 11) is 4.85. The van der Waals surface area contributed by atoms with E-state index in [9.17, 15) is 0 Å². The molecule has 3 heteroatoms. The molecule has 0 fully saturated rings. The molecule has 1 nitrogen and oxygen atoms in total. The van der Waals surface area contributed by atoms with E-state index in [-0.39, 0.29) is 0 Å². The van der Waals surface area contributed by atoms with Crippen LogP contribution in [0, 0.1) is 0 Å². The van der Waals surface area contributed by atoms with E-state index in [0.29, 0.717) is 0 Å². The molecule has 0 aromatic carbocycles. The van der Waals surface area contributed by atoms with Gasteiger partial charge in [0.15, 0.2) is 7.98 Å². The molecule has 1 N–H and O–H groups in total. The van der Waals surface area contributed by atoms with E-state index in [4.69, 9.17) is 7.98 Å². The molecule has 0 aliphatic heterocycles. The lowest BCUT2D eigenvalue weighted by Crippen LogP contribution is -1.92. The van der Waals surface area contributed by atoms with E-state index in [1.807, 2.05) is 6.92 Å². The summed E-state index contributed by atoms with van der Waals surface area (Å²) in [4.78, 5) is 0. The fourth-order valence-corrected chi connectivity index (χ4v) is 0.250. The summed E-state index contributed by atoms with van der Waals surface area (Å²) in [5, 5.41) is 0. The summed E-state index contributed by atoms with van der Waals surface area (Å²) in [6, 6.07) is 0. The van der Waals surface area contributed by atoms with Gasteiger partial charge >= 0.3 is 0 Å². The van der Waals surface area contributed by atoms with Crippen molar-refractivity contribution in [2.24, 2.45) is 0 Å². The largest absolute Gasteiger partial charge is 0.316 e. The van der Waals surface area contributed by atoms with Crippen LogP contribution < -0.4 is 4.63 Å². The quantitative estimate of drug-likeness (QED) is 0.384. The van der Waals surface area contributed by atoms with Crippen LogP contribution >= 0.6 is 11.9 Å². The molecule has 0 atom stereocenters. The smallest absolute Gasteiger partial charge is 0.194 e. The summed E-state index contributed by atoms with van der Waals surface area (Å²) >= 11 is 1.49. The Bertz CT molecular complexity index is 17.1. The number of hydrogen-bond donors (Lipinski definition) is 1. The fraction of sp³-hybridized carbons (Fsp3) is 1.00. The van der Waals surface area contributed by atoms with Gasteiger partial charge in [-0.15, -0.1) is 0 Å². The number of rotatable bonds is 2. The standard InChI is InChI=1S/C2H6BNS/c1-2-5-4-3/h4H,2H2,1H3. The fourth-order valence-electron chi connectivity index (χ4n) is 0.0833. The van der Waals surface area contributed by atoms with Crippen LogP contribution in [-0.2, 0) is 0 Å². The van der Waals surface area contributed by atoms with Crippen LogP contribution in [0.25, 0.3) is 0 Å². The van der Waals surface area contributed by atoms with Crippen LogP contribution in [0.5, 0.6) is 0 Å². The Balaban J connectivity index is 2.19. The lowest BCUT2D eigenvalue weighted by molar-refractivity contribution is 1.50. The maximum absolute atomic E-state index is 4.85. The molecule has 0 heterocycles. The Hall–Kier alpha value is 0.375. The highest BCUT2D eigenvalue weighted by atomic mass is 32.2. The van der Waals surface area contributed by atoms with Crippen molar-refractivity contribution in [1.82, 2.24) is 4.63 Å². The van der Waals surface area contributed by atoms with Gasteiger partial charge in [0.1, 0.15) is 0 Å². The summed E-state index contributed by atoms with van der Waals surface area (Å²) in [5.74, 6) is 1.02. The lowest BCUT2D eigenvalue weighted by atomic mass is 10.5. The highest BCUT2D eigenvalue weighted by Gasteiger charge is 1.65. The molecule has 5 heavy (non-hydrogen) atoms. The van der Waals surface area contributed by atoms with Crippen LogP contribution in [0.3, 0.4) is 0 Å². The van der Waals surface area contributed by atoms with Crippen molar-refractivity contribution in [3.8, 4) is 0 Å². The van der Waals surface area contributed by atoms with Gasteiger partial charge in [-0.2, -0.15) is 0 Å². The lowest BCUT2D eigenvalue weighted by Gasteiger charge is -1.84. The van der Waals surface area contributed by atoms with Crippen molar-refractivity contribution in [2.45, 2.75) is 6.92 Å². The van der Waals surface area contributed by atoms with Crippen LogP contribution in [0.1, 0.15) is 6.92 Å². The molecule has 0 rings (SSSR count). The average molecular weight is 87.0 g/mol. The molecule has 0 aromatic heterocycles. The van der Waals surface area contributed by atoms with E-state index in [1.54, 1.807) is 0 Å². The van der Waals surface area contributed by atoms with E-state index in [1.165, 1.54) is 11.9 Å². The monoisotopic (exact) mass is 87.0 g/mol. The Kier molecular flexibility index (Phi) is 4.70. The number of hydrogen-bond acceptors (Lipinski definition) is 2. The third-order valence-electron chi connectivity index (χ3n) is 0.228. The third kappa shape index (κ3) is 4.37. The maximum atomic E-state index is 4.85. The topological polar surface area (TPSA) is 12.0 Å². The molecule has 0 saturated heterocycles. The Morgan fingerprint density at radius 2 is 2.60 bits per heavy atom. The van der Waals surface area contributed by atoms with E-state index in [0.717, 1.165) is 5.75 Å². The van der Waals surface area contributed by atoms with Crippen molar-refractivity contribution in [1.29, 1.82) is 0 Å². The van der Waals surface area contributed by atoms with Crippen molar-refractivity contribution >= 4 is 19.9 Å². The Labute approximate surface area is 38.1 Å². The van der Waals surface area contributed by atoms with Gasteiger partial charge in [-0.1, -0.05) is 18.9 Å². The zero-order valence-corrected chi connectivity index (χ0v) is 4.01. The summed E-state index contributed by atoms with van der Waals surface area (Å²) in [6.45, 7) is 2.03. The first-order valence-electron chi connectivity index (χ1n) is 1.49. The van der Waals surface area contributed by atoms with Gasteiger partial charge < -0.3 is 4.63 Å². The first kappa shape index (κ1) is 5.37. The van der Waals surface area contributed by atoms with Crippen LogP contribution in [0.4, 0.5) is 0 Å². The SMILES string of the molecule is [B]NSCC. The van der Waals surface area contributed by atoms with Gasteiger partial charge in [-0.3, -0.25) is 0 Å². The van der Waals surface area contributed by atoms with E-state index >= 15 is 0 Å². The van der Waals surface area contributed by atoms with Crippen LogP contribution in [-0.4, -0.2) is 13.7 Å². The van der Waals surface area contributed by atoms with Crippen molar-refractivity contribution in [3.05, 3.63) is 0 Å². The molecular weight excluding hydrogens is 80.9 g/mol. The second-order valence-electron chi connectivity index (χ2n) is 0.551. The Morgan fingerprint density at radius 3 is 2.60 bits per heavy atom. The highest BCUT2D eigenvalue weighted by Crippen LogP contribution is 1.83. The van der Waals surface area contributed by atoms with Gasteiger partial charge in [-0.25, -0.2) is 0 Å². The average Bonchev–Trinajstić information content (AvgIpc) is 1.41. The molecular formula is C2H6BNS. The van der Waals surface area contributed by atoms with Gasteiger partial charge in [0.25, 0.3) is 0 Å². The first-order valence-corrected chi connectivity index (χ1v) is 2.47. The van der Waals surface area contributed by atoms with E-state index in [2.05, 4.69) is 4.63 Å². The predicted molar refractivity (Wildman–Crippen MR) is 27.0 cm³/mol. The normalized spacial score (nSPS) is 8.20. The predicted octanol–water partition coefficient (Wildman–Crippen LogP) is 0.328. The molecule has 0 amide bonds. The summed E-state index contributed by atoms with van der Waals surface area (Å²) in [6.07, 6.45) is 0. The molecule has 28 valence electrons. The molecule has 0 aliphatic carbocycles. The van der Waals surface area contributed by atoms with Gasteiger partial charge in [-0.05, 0) is 0 Å². The zero-order valence-electron chi connectivity index (χ0n) is 3.19. The summed E-state index contributed by atoms with van der Waals surface area (Å²) in [5.41, 5.74) is 0.